The van der Waals surface area contributed by atoms with Crippen LogP contribution in [0.15, 0.2) is 36.4 Å². The average molecular weight is 388 g/mol. The van der Waals surface area contributed by atoms with E-state index in [2.05, 4.69) is 5.32 Å². The predicted molar refractivity (Wildman–Crippen MR) is 96.2 cm³/mol. The molecule has 0 radical (unpaired) electrons. The number of hydrogen-bond donors (Lipinski definition) is 1. The first-order valence-electron chi connectivity index (χ1n) is 8.97. The van der Waals surface area contributed by atoms with Gasteiger partial charge in [0.2, 0.25) is 12.7 Å². The van der Waals surface area contributed by atoms with Crippen molar-refractivity contribution in [1.29, 1.82) is 0 Å². The first kappa shape index (κ1) is 18.2. The largest absolute Gasteiger partial charge is 0.454 e. The highest BCUT2D eigenvalue weighted by Gasteiger charge is 2.30. The number of halogens is 2. The van der Waals surface area contributed by atoms with Crippen LogP contribution in [0.5, 0.6) is 11.5 Å². The molecule has 28 heavy (non-hydrogen) atoms. The molecule has 0 aromatic heterocycles. The number of anilines is 1. The van der Waals surface area contributed by atoms with Gasteiger partial charge in [0.25, 0.3) is 5.91 Å². The van der Waals surface area contributed by atoms with E-state index in [1.165, 1.54) is 11.0 Å². The van der Waals surface area contributed by atoms with Gasteiger partial charge in [-0.2, -0.15) is 0 Å². The number of carbonyl (C=O) groups excluding carboxylic acids is 2. The van der Waals surface area contributed by atoms with Gasteiger partial charge in [-0.1, -0.05) is 6.07 Å². The smallest absolute Gasteiger partial charge is 0.259 e. The zero-order valence-electron chi connectivity index (χ0n) is 14.9. The summed E-state index contributed by atoms with van der Waals surface area (Å²) in [6.07, 6.45) is 0.830. The zero-order chi connectivity index (χ0) is 19.7. The Balaban J connectivity index is 1.36. The van der Waals surface area contributed by atoms with Crippen LogP contribution in [-0.4, -0.2) is 36.6 Å². The van der Waals surface area contributed by atoms with Crippen molar-refractivity contribution >= 4 is 17.5 Å². The summed E-state index contributed by atoms with van der Waals surface area (Å²) in [5.74, 6) is -1.70. The molecule has 1 fully saturated rings. The Morgan fingerprint density at radius 3 is 2.39 bits per heavy atom. The highest BCUT2D eigenvalue weighted by Crippen LogP contribution is 2.34. The van der Waals surface area contributed by atoms with Gasteiger partial charge in [0.05, 0.1) is 0 Å². The van der Waals surface area contributed by atoms with Gasteiger partial charge in [-0.05, 0) is 37.1 Å². The van der Waals surface area contributed by atoms with Gasteiger partial charge in [-0.25, -0.2) is 8.78 Å². The summed E-state index contributed by atoms with van der Waals surface area (Å²) in [4.78, 5) is 26.3. The number of nitrogens with one attached hydrogen (secondary N) is 1. The maximum Gasteiger partial charge on any atom is 0.259 e. The van der Waals surface area contributed by atoms with Crippen LogP contribution in [0.1, 0.15) is 23.2 Å². The van der Waals surface area contributed by atoms with E-state index >= 15 is 0 Å². The highest BCUT2D eigenvalue weighted by molar-refractivity contribution is 5.96. The molecule has 0 unspecified atom stereocenters. The number of hydrogen-bond acceptors (Lipinski definition) is 4. The quantitative estimate of drug-likeness (QED) is 0.877. The van der Waals surface area contributed by atoms with Gasteiger partial charge in [0, 0.05) is 30.8 Å². The lowest BCUT2D eigenvalue weighted by atomic mass is 9.95. The van der Waals surface area contributed by atoms with Gasteiger partial charge < -0.3 is 19.7 Å². The minimum atomic E-state index is -0.882. The monoisotopic (exact) mass is 388 g/mol. The van der Waals surface area contributed by atoms with Gasteiger partial charge >= 0.3 is 0 Å². The molecule has 6 nitrogen and oxygen atoms in total. The van der Waals surface area contributed by atoms with E-state index in [1.807, 2.05) is 0 Å². The van der Waals surface area contributed by atoms with Gasteiger partial charge in [-0.3, -0.25) is 9.59 Å². The molecule has 4 rings (SSSR count). The third-order valence-corrected chi connectivity index (χ3v) is 4.97. The first-order chi connectivity index (χ1) is 13.5. The maximum absolute atomic E-state index is 13.8. The molecule has 0 saturated carbocycles. The normalized spacial score (nSPS) is 16.1. The molecule has 1 N–H and O–H groups in total. The van der Waals surface area contributed by atoms with E-state index in [9.17, 15) is 18.4 Å². The Bertz CT molecular complexity index is 906. The number of rotatable bonds is 3. The molecule has 0 spiro atoms. The lowest BCUT2D eigenvalue weighted by Gasteiger charge is -2.31. The van der Waals surface area contributed by atoms with E-state index in [4.69, 9.17) is 9.47 Å². The van der Waals surface area contributed by atoms with Crippen LogP contribution in [0.4, 0.5) is 14.5 Å². The Hall–Kier alpha value is -3.16. The fourth-order valence-corrected chi connectivity index (χ4v) is 3.42. The second-order valence-electron chi connectivity index (χ2n) is 6.72. The number of fused-ring (bicyclic) bond motifs is 1. The third-order valence-electron chi connectivity index (χ3n) is 4.97. The van der Waals surface area contributed by atoms with Crippen molar-refractivity contribution in [3.05, 3.63) is 53.6 Å². The van der Waals surface area contributed by atoms with E-state index in [0.29, 0.717) is 30.0 Å². The van der Waals surface area contributed by atoms with Crippen LogP contribution < -0.4 is 14.8 Å². The number of benzene rings is 2. The molecule has 2 heterocycles. The van der Waals surface area contributed by atoms with Crippen molar-refractivity contribution < 1.29 is 27.8 Å². The molecule has 8 heteroatoms. The van der Waals surface area contributed by atoms with Crippen LogP contribution in [0.25, 0.3) is 0 Å². The minimum Gasteiger partial charge on any atom is -0.454 e. The molecule has 2 amide bonds. The van der Waals surface area contributed by atoms with Crippen molar-refractivity contribution in [1.82, 2.24) is 4.90 Å². The van der Waals surface area contributed by atoms with Crippen molar-refractivity contribution in [3.8, 4) is 11.5 Å². The van der Waals surface area contributed by atoms with Gasteiger partial charge in [-0.15, -0.1) is 0 Å². The molecule has 0 aliphatic carbocycles. The molecular formula is C20H18F2N2O4. The van der Waals surface area contributed by atoms with Crippen molar-refractivity contribution in [2.24, 2.45) is 5.92 Å². The van der Waals surface area contributed by atoms with Crippen molar-refractivity contribution in [2.45, 2.75) is 12.8 Å². The third kappa shape index (κ3) is 3.49. The summed E-state index contributed by atoms with van der Waals surface area (Å²) in [6.45, 7) is 0.666. The Morgan fingerprint density at radius 2 is 1.68 bits per heavy atom. The summed E-state index contributed by atoms with van der Waals surface area (Å²) in [5.41, 5.74) is 0.0481. The number of amides is 2. The average Bonchev–Trinajstić information content (AvgIpc) is 3.15. The van der Waals surface area contributed by atoms with E-state index in [-0.39, 0.29) is 31.7 Å². The van der Waals surface area contributed by atoms with E-state index in [1.54, 1.807) is 18.2 Å². The molecule has 2 aliphatic heterocycles. The predicted octanol–water partition coefficient (Wildman–Crippen LogP) is 3.18. The van der Waals surface area contributed by atoms with Crippen LogP contribution in [-0.2, 0) is 4.79 Å². The van der Waals surface area contributed by atoms with Crippen LogP contribution in [0, 0.1) is 17.6 Å². The summed E-state index contributed by atoms with van der Waals surface area (Å²) >= 11 is 0. The van der Waals surface area contributed by atoms with Crippen molar-refractivity contribution in [2.75, 3.05) is 25.2 Å². The fourth-order valence-electron chi connectivity index (χ4n) is 3.42. The molecule has 2 aromatic carbocycles. The molecular weight excluding hydrogens is 370 g/mol. The highest BCUT2D eigenvalue weighted by atomic mass is 19.1. The van der Waals surface area contributed by atoms with Crippen LogP contribution in [0.2, 0.25) is 0 Å². The topological polar surface area (TPSA) is 67.9 Å². The number of nitrogens with zero attached hydrogens (tertiary/aromatic N) is 1. The Kier molecular flexibility index (Phi) is 4.85. The number of ether oxygens (including phenoxy) is 2. The molecule has 0 atom stereocenters. The second kappa shape index (κ2) is 7.46. The maximum atomic E-state index is 13.8. The van der Waals surface area contributed by atoms with E-state index < -0.39 is 23.1 Å². The lowest BCUT2D eigenvalue weighted by Crippen LogP contribution is -2.42. The summed E-state index contributed by atoms with van der Waals surface area (Å²) < 4.78 is 38.2. The SMILES string of the molecule is O=C(Nc1ccc2c(c1)OCO2)C1CCN(C(=O)c2c(F)cccc2F)CC1. The zero-order valence-corrected chi connectivity index (χ0v) is 14.9. The lowest BCUT2D eigenvalue weighted by molar-refractivity contribution is -0.121. The minimum absolute atomic E-state index is 0.155. The van der Waals surface area contributed by atoms with E-state index in [0.717, 1.165) is 12.1 Å². The second-order valence-corrected chi connectivity index (χ2v) is 6.72. The number of piperidine rings is 1. The molecule has 2 aromatic rings. The summed E-state index contributed by atoms with van der Waals surface area (Å²) in [7, 11) is 0. The summed E-state index contributed by atoms with van der Waals surface area (Å²) in [5, 5.41) is 2.84. The van der Waals surface area contributed by atoms with Gasteiger partial charge in [0.15, 0.2) is 11.5 Å². The molecule has 2 aliphatic rings. The number of carbonyl (C=O) groups is 2. The first-order valence-corrected chi connectivity index (χ1v) is 8.97. The van der Waals surface area contributed by atoms with Crippen LogP contribution >= 0.6 is 0 Å². The van der Waals surface area contributed by atoms with Crippen molar-refractivity contribution in [3.63, 3.8) is 0 Å². The molecule has 146 valence electrons. The van der Waals surface area contributed by atoms with Crippen LogP contribution in [0.3, 0.4) is 0 Å². The molecule has 1 saturated heterocycles. The Labute approximate surface area is 160 Å². The number of likely N-dealkylation sites (tertiary alicyclic amines) is 1. The Morgan fingerprint density at radius 1 is 1.00 bits per heavy atom. The standard InChI is InChI=1S/C20H18F2N2O4/c21-14-2-1-3-15(22)18(14)20(26)24-8-6-12(7-9-24)19(25)23-13-4-5-16-17(10-13)28-11-27-16/h1-5,10,12H,6-9,11H2,(H,23,25). The van der Waals surface area contributed by atoms with Gasteiger partial charge in [0.1, 0.15) is 17.2 Å². The fraction of sp³-hybridized carbons (Fsp3) is 0.300. The summed E-state index contributed by atoms with van der Waals surface area (Å²) in [6, 6.07) is 8.48. The molecule has 0 bridgehead atoms.